The molecule has 4 nitrogen and oxygen atoms in total. The summed E-state index contributed by atoms with van der Waals surface area (Å²) in [5, 5.41) is 8.85. The van der Waals surface area contributed by atoms with Gasteiger partial charge in [0.25, 0.3) is 0 Å². The molecule has 0 radical (unpaired) electrons. The van der Waals surface area contributed by atoms with Crippen LogP contribution in [-0.4, -0.2) is 20.6 Å². The van der Waals surface area contributed by atoms with Crippen molar-refractivity contribution in [3.8, 4) is 0 Å². The molecule has 1 aliphatic rings. The van der Waals surface area contributed by atoms with Crippen LogP contribution >= 0.6 is 0 Å². The van der Waals surface area contributed by atoms with Crippen LogP contribution in [-0.2, 0) is 13.0 Å². The number of rotatable bonds is 1. The van der Waals surface area contributed by atoms with Crippen molar-refractivity contribution < 1.29 is 9.90 Å². The Bertz CT molecular complexity index is 330. The third-order valence-electron chi connectivity index (χ3n) is 2.46. The number of aryl methyl sites for hydroxylation is 1. The van der Waals surface area contributed by atoms with E-state index in [1.165, 1.54) is 6.42 Å². The van der Waals surface area contributed by atoms with E-state index in [1.54, 1.807) is 6.33 Å². The largest absolute Gasteiger partial charge is 0.476 e. The summed E-state index contributed by atoms with van der Waals surface area (Å²) in [4.78, 5) is 14.7. The first kappa shape index (κ1) is 8.29. The third kappa shape index (κ3) is 1.43. The highest BCUT2D eigenvalue weighted by atomic mass is 16.4. The molecule has 0 atom stereocenters. The SMILES string of the molecule is O=C(O)c1ncn2c1CCCCC2. The standard InChI is InChI=1S/C9H12N2O2/c12-9(13)8-7-4-2-1-3-5-11(7)6-10-8/h6H,1-5H2,(H,12,13). The van der Waals surface area contributed by atoms with Gasteiger partial charge in [0.15, 0.2) is 5.69 Å². The van der Waals surface area contributed by atoms with E-state index in [2.05, 4.69) is 4.98 Å². The van der Waals surface area contributed by atoms with E-state index in [0.29, 0.717) is 0 Å². The number of imidazole rings is 1. The summed E-state index contributed by atoms with van der Waals surface area (Å²) in [5.74, 6) is -0.907. The zero-order chi connectivity index (χ0) is 9.26. The lowest BCUT2D eigenvalue weighted by Crippen LogP contribution is -2.05. The predicted octanol–water partition coefficient (Wildman–Crippen LogP) is 1.31. The molecular weight excluding hydrogens is 168 g/mol. The van der Waals surface area contributed by atoms with Crippen molar-refractivity contribution >= 4 is 5.97 Å². The lowest BCUT2D eigenvalue weighted by molar-refractivity contribution is 0.0689. The maximum Gasteiger partial charge on any atom is 0.356 e. The minimum Gasteiger partial charge on any atom is -0.476 e. The molecule has 1 aliphatic heterocycles. The van der Waals surface area contributed by atoms with Gasteiger partial charge in [-0.3, -0.25) is 0 Å². The van der Waals surface area contributed by atoms with Gasteiger partial charge >= 0.3 is 5.97 Å². The molecule has 0 saturated heterocycles. The average Bonchev–Trinajstić information content (AvgIpc) is 2.36. The fourth-order valence-corrected chi connectivity index (χ4v) is 1.79. The van der Waals surface area contributed by atoms with Gasteiger partial charge in [-0.2, -0.15) is 0 Å². The number of carbonyl (C=O) groups is 1. The first-order valence-electron chi connectivity index (χ1n) is 4.56. The van der Waals surface area contributed by atoms with Gasteiger partial charge < -0.3 is 9.67 Å². The van der Waals surface area contributed by atoms with Crippen LogP contribution in [0.1, 0.15) is 35.4 Å². The van der Waals surface area contributed by atoms with E-state index in [0.717, 1.165) is 31.5 Å². The van der Waals surface area contributed by atoms with E-state index < -0.39 is 5.97 Å². The number of carboxylic acid groups (broad SMARTS) is 1. The first-order chi connectivity index (χ1) is 6.29. The summed E-state index contributed by atoms with van der Waals surface area (Å²) in [6.07, 6.45) is 5.88. The molecule has 13 heavy (non-hydrogen) atoms. The normalized spacial score (nSPS) is 16.3. The Morgan fingerprint density at radius 3 is 3.08 bits per heavy atom. The van der Waals surface area contributed by atoms with Crippen LogP contribution in [0.15, 0.2) is 6.33 Å². The van der Waals surface area contributed by atoms with E-state index in [-0.39, 0.29) is 5.69 Å². The highest BCUT2D eigenvalue weighted by molar-refractivity contribution is 5.86. The van der Waals surface area contributed by atoms with Crippen LogP contribution in [0.25, 0.3) is 0 Å². The van der Waals surface area contributed by atoms with Gasteiger partial charge in [0, 0.05) is 6.54 Å². The van der Waals surface area contributed by atoms with E-state index in [4.69, 9.17) is 5.11 Å². The van der Waals surface area contributed by atoms with Crippen molar-refractivity contribution in [3.05, 3.63) is 17.7 Å². The molecule has 1 aromatic rings. The van der Waals surface area contributed by atoms with E-state index >= 15 is 0 Å². The molecule has 0 aliphatic carbocycles. The minimum absolute atomic E-state index is 0.238. The number of carboxylic acids is 1. The highest BCUT2D eigenvalue weighted by Gasteiger charge is 2.17. The molecule has 0 amide bonds. The molecular formula is C9H12N2O2. The molecule has 0 bridgehead atoms. The van der Waals surface area contributed by atoms with Crippen LogP contribution in [0.5, 0.6) is 0 Å². The Morgan fingerprint density at radius 1 is 1.46 bits per heavy atom. The maximum absolute atomic E-state index is 10.8. The van der Waals surface area contributed by atoms with Crippen molar-refractivity contribution in [2.75, 3.05) is 0 Å². The smallest absolute Gasteiger partial charge is 0.356 e. The first-order valence-corrected chi connectivity index (χ1v) is 4.56. The Hall–Kier alpha value is -1.32. The average molecular weight is 180 g/mol. The summed E-state index contributed by atoms with van der Waals surface area (Å²) < 4.78 is 1.97. The molecule has 1 N–H and O–H groups in total. The van der Waals surface area contributed by atoms with Crippen molar-refractivity contribution in [2.45, 2.75) is 32.2 Å². The summed E-state index contributed by atoms with van der Waals surface area (Å²) in [5.41, 5.74) is 1.13. The fourth-order valence-electron chi connectivity index (χ4n) is 1.79. The second-order valence-electron chi connectivity index (χ2n) is 3.35. The van der Waals surface area contributed by atoms with Gasteiger partial charge in [-0.25, -0.2) is 9.78 Å². The second-order valence-corrected chi connectivity index (χ2v) is 3.35. The summed E-state index contributed by atoms with van der Waals surface area (Å²) in [7, 11) is 0. The van der Waals surface area contributed by atoms with Gasteiger partial charge in [-0.05, 0) is 19.3 Å². The van der Waals surface area contributed by atoms with Crippen molar-refractivity contribution in [1.29, 1.82) is 0 Å². The lowest BCUT2D eigenvalue weighted by atomic mass is 10.1. The zero-order valence-electron chi connectivity index (χ0n) is 7.36. The van der Waals surface area contributed by atoms with Gasteiger partial charge in [0.2, 0.25) is 0 Å². The highest BCUT2D eigenvalue weighted by Crippen LogP contribution is 2.17. The zero-order valence-corrected chi connectivity index (χ0v) is 7.36. The predicted molar refractivity (Wildman–Crippen MR) is 46.7 cm³/mol. The van der Waals surface area contributed by atoms with Crippen molar-refractivity contribution in [3.63, 3.8) is 0 Å². The Kier molecular flexibility index (Phi) is 2.04. The maximum atomic E-state index is 10.8. The van der Waals surface area contributed by atoms with Crippen LogP contribution in [0.3, 0.4) is 0 Å². The summed E-state index contributed by atoms with van der Waals surface area (Å²) in [6.45, 7) is 0.912. The molecule has 0 saturated carbocycles. The van der Waals surface area contributed by atoms with Gasteiger partial charge in [0.05, 0.1) is 12.0 Å². The van der Waals surface area contributed by atoms with Crippen LogP contribution in [0.2, 0.25) is 0 Å². The number of nitrogens with zero attached hydrogens (tertiary/aromatic N) is 2. The quantitative estimate of drug-likeness (QED) is 0.708. The van der Waals surface area contributed by atoms with Gasteiger partial charge in [-0.1, -0.05) is 6.42 Å². The van der Waals surface area contributed by atoms with Gasteiger partial charge in [0.1, 0.15) is 0 Å². The third-order valence-corrected chi connectivity index (χ3v) is 2.46. The summed E-state index contributed by atoms with van der Waals surface area (Å²) >= 11 is 0. The monoisotopic (exact) mass is 180 g/mol. The topological polar surface area (TPSA) is 55.1 Å². The number of fused-ring (bicyclic) bond motifs is 1. The molecule has 70 valence electrons. The van der Waals surface area contributed by atoms with Crippen LogP contribution in [0.4, 0.5) is 0 Å². The molecule has 2 rings (SSSR count). The van der Waals surface area contributed by atoms with E-state index in [9.17, 15) is 4.79 Å². The lowest BCUT2D eigenvalue weighted by Gasteiger charge is -2.01. The van der Waals surface area contributed by atoms with Gasteiger partial charge in [-0.15, -0.1) is 0 Å². The molecule has 0 aromatic carbocycles. The Labute approximate surface area is 76.2 Å². The number of aromatic carboxylic acids is 1. The number of aromatic nitrogens is 2. The van der Waals surface area contributed by atoms with Crippen molar-refractivity contribution in [1.82, 2.24) is 9.55 Å². The van der Waals surface area contributed by atoms with Crippen LogP contribution in [0, 0.1) is 0 Å². The molecule has 2 heterocycles. The Morgan fingerprint density at radius 2 is 2.31 bits per heavy atom. The fraction of sp³-hybridized carbons (Fsp3) is 0.556. The second kappa shape index (κ2) is 3.20. The Balaban J connectivity index is 2.39. The molecule has 0 unspecified atom stereocenters. The molecule has 0 fully saturated rings. The molecule has 4 heteroatoms. The van der Waals surface area contributed by atoms with E-state index in [1.807, 2.05) is 4.57 Å². The minimum atomic E-state index is -0.907. The molecule has 0 spiro atoms. The van der Waals surface area contributed by atoms with Crippen LogP contribution < -0.4 is 0 Å². The summed E-state index contributed by atoms with van der Waals surface area (Å²) in [6, 6.07) is 0. The number of hydrogen-bond donors (Lipinski definition) is 1. The van der Waals surface area contributed by atoms with Crippen molar-refractivity contribution in [2.24, 2.45) is 0 Å². The molecule has 1 aromatic heterocycles. The number of hydrogen-bond acceptors (Lipinski definition) is 2.